The maximum Gasteiger partial charge on any atom is 0.261 e. The van der Waals surface area contributed by atoms with Crippen LogP contribution >= 0.6 is 0 Å². The van der Waals surface area contributed by atoms with E-state index in [9.17, 15) is 18.0 Å². The molecule has 164 valence electrons. The lowest BCUT2D eigenvalue weighted by Crippen LogP contribution is -2.51. The Labute approximate surface area is 183 Å². The van der Waals surface area contributed by atoms with Crippen molar-refractivity contribution >= 4 is 27.5 Å². The number of carbonyl (C=O) groups excluding carboxylic acids is 2. The van der Waals surface area contributed by atoms with Crippen molar-refractivity contribution in [3.05, 3.63) is 59.2 Å². The molecule has 0 atom stereocenters. The average molecular weight is 442 g/mol. The van der Waals surface area contributed by atoms with Gasteiger partial charge in [0.1, 0.15) is 0 Å². The van der Waals surface area contributed by atoms with E-state index in [0.717, 1.165) is 24.0 Å². The third-order valence-corrected chi connectivity index (χ3v) is 7.24. The fourth-order valence-corrected chi connectivity index (χ4v) is 4.81. The predicted octanol–water partition coefficient (Wildman–Crippen LogP) is 2.80. The number of hydrogen-bond donors (Lipinski definition) is 1. The minimum atomic E-state index is -3.83. The first-order valence-electron chi connectivity index (χ1n) is 10.5. The predicted molar refractivity (Wildman–Crippen MR) is 118 cm³/mol. The van der Waals surface area contributed by atoms with Gasteiger partial charge in [0.15, 0.2) is 0 Å². The van der Waals surface area contributed by atoms with E-state index in [1.54, 1.807) is 30.0 Å². The maximum atomic E-state index is 13.1. The Morgan fingerprint density at radius 1 is 0.903 bits per heavy atom. The lowest BCUT2D eigenvalue weighted by molar-refractivity contribution is -0.134. The molecule has 1 aliphatic carbocycles. The van der Waals surface area contributed by atoms with Gasteiger partial charge in [0.25, 0.3) is 15.9 Å². The molecule has 2 amide bonds. The van der Waals surface area contributed by atoms with Crippen molar-refractivity contribution in [2.75, 3.05) is 30.9 Å². The van der Waals surface area contributed by atoms with Gasteiger partial charge < -0.3 is 9.80 Å². The van der Waals surface area contributed by atoms with Crippen LogP contribution in [0.2, 0.25) is 0 Å². The number of aryl methyl sites for hydroxylation is 2. The van der Waals surface area contributed by atoms with Crippen LogP contribution < -0.4 is 4.72 Å². The second-order valence-electron chi connectivity index (χ2n) is 8.34. The molecule has 2 fully saturated rings. The first-order valence-corrected chi connectivity index (χ1v) is 12.0. The van der Waals surface area contributed by atoms with Gasteiger partial charge in [-0.25, -0.2) is 8.42 Å². The number of benzene rings is 2. The highest BCUT2D eigenvalue weighted by Gasteiger charge is 2.35. The van der Waals surface area contributed by atoms with Crippen molar-refractivity contribution in [3.8, 4) is 0 Å². The van der Waals surface area contributed by atoms with Gasteiger partial charge in [-0.3, -0.25) is 14.3 Å². The molecule has 2 aliphatic rings. The Morgan fingerprint density at radius 2 is 1.52 bits per heavy atom. The lowest BCUT2D eigenvalue weighted by Gasteiger charge is -2.35. The second-order valence-corrected chi connectivity index (χ2v) is 10.0. The molecular weight excluding hydrogens is 414 g/mol. The molecule has 8 heteroatoms. The molecule has 0 radical (unpaired) electrons. The zero-order chi connectivity index (χ0) is 22.2. The molecule has 2 aromatic rings. The van der Waals surface area contributed by atoms with Crippen LogP contribution in [0.25, 0.3) is 0 Å². The van der Waals surface area contributed by atoms with Gasteiger partial charge in [-0.15, -0.1) is 0 Å². The topological polar surface area (TPSA) is 86.8 Å². The Kier molecular flexibility index (Phi) is 5.75. The molecule has 1 aliphatic heterocycles. The minimum absolute atomic E-state index is 0.0459. The number of hydrogen-bond acceptors (Lipinski definition) is 4. The van der Waals surface area contributed by atoms with Crippen molar-refractivity contribution in [2.24, 2.45) is 5.92 Å². The molecule has 1 heterocycles. The van der Waals surface area contributed by atoms with Crippen LogP contribution in [-0.4, -0.2) is 56.2 Å². The fraction of sp³-hybridized carbons (Fsp3) is 0.391. The highest BCUT2D eigenvalue weighted by molar-refractivity contribution is 7.92. The van der Waals surface area contributed by atoms with Crippen LogP contribution in [0.1, 0.15) is 34.3 Å². The standard InChI is InChI=1S/C23H27N3O4S/c1-16-3-8-19(9-4-16)24-31(29,30)20-10-5-17(2)21(15-20)23(28)26-13-11-25(12-14-26)22(27)18-6-7-18/h3-5,8-10,15,18,24H,6-7,11-14H2,1-2H3. The van der Waals surface area contributed by atoms with Crippen LogP contribution in [0, 0.1) is 19.8 Å². The van der Waals surface area contributed by atoms with Gasteiger partial charge in [0, 0.05) is 43.3 Å². The highest BCUT2D eigenvalue weighted by Crippen LogP contribution is 2.31. The summed E-state index contributed by atoms with van der Waals surface area (Å²) in [7, 11) is -3.83. The van der Waals surface area contributed by atoms with E-state index in [0.29, 0.717) is 37.4 Å². The molecule has 7 nitrogen and oxygen atoms in total. The van der Waals surface area contributed by atoms with Crippen molar-refractivity contribution < 1.29 is 18.0 Å². The minimum Gasteiger partial charge on any atom is -0.339 e. The summed E-state index contributed by atoms with van der Waals surface area (Å²) >= 11 is 0. The number of rotatable bonds is 5. The van der Waals surface area contributed by atoms with Crippen molar-refractivity contribution in [2.45, 2.75) is 31.6 Å². The fourth-order valence-electron chi connectivity index (χ4n) is 3.72. The number of piperazine rings is 1. The van der Waals surface area contributed by atoms with Crippen LogP contribution in [0.3, 0.4) is 0 Å². The molecule has 1 saturated heterocycles. The normalized spacial score (nSPS) is 16.8. The molecule has 0 bridgehead atoms. The Hall–Kier alpha value is -2.87. The highest BCUT2D eigenvalue weighted by atomic mass is 32.2. The number of carbonyl (C=O) groups is 2. The van der Waals surface area contributed by atoms with E-state index in [1.165, 1.54) is 12.1 Å². The Morgan fingerprint density at radius 3 is 2.13 bits per heavy atom. The van der Waals surface area contributed by atoms with Gasteiger partial charge in [-0.05, 0) is 56.5 Å². The van der Waals surface area contributed by atoms with Gasteiger partial charge in [-0.1, -0.05) is 23.8 Å². The first kappa shape index (κ1) is 21.4. The Bertz CT molecular complexity index is 1100. The van der Waals surface area contributed by atoms with Gasteiger partial charge in [0.05, 0.1) is 4.90 Å². The molecule has 0 unspecified atom stereocenters. The van der Waals surface area contributed by atoms with Crippen molar-refractivity contribution in [1.29, 1.82) is 0 Å². The number of amides is 2. The van der Waals surface area contributed by atoms with Crippen LogP contribution in [0.4, 0.5) is 5.69 Å². The molecule has 31 heavy (non-hydrogen) atoms. The number of sulfonamides is 1. The molecule has 4 rings (SSSR count). The molecular formula is C23H27N3O4S. The van der Waals surface area contributed by atoms with E-state index in [2.05, 4.69) is 4.72 Å². The van der Waals surface area contributed by atoms with Crippen LogP contribution in [-0.2, 0) is 14.8 Å². The smallest absolute Gasteiger partial charge is 0.261 e. The number of anilines is 1. The average Bonchev–Trinajstić information content (AvgIpc) is 3.60. The summed E-state index contributed by atoms with van der Waals surface area (Å²) < 4.78 is 28.3. The molecule has 0 aromatic heterocycles. The molecule has 2 aromatic carbocycles. The van der Waals surface area contributed by atoms with E-state index in [-0.39, 0.29) is 22.6 Å². The summed E-state index contributed by atoms with van der Waals surface area (Å²) in [4.78, 5) is 28.9. The van der Waals surface area contributed by atoms with E-state index >= 15 is 0 Å². The second kappa shape index (κ2) is 8.34. The van der Waals surface area contributed by atoms with E-state index in [4.69, 9.17) is 0 Å². The maximum absolute atomic E-state index is 13.1. The molecule has 0 spiro atoms. The van der Waals surface area contributed by atoms with E-state index < -0.39 is 10.0 Å². The first-order chi connectivity index (χ1) is 14.7. The SMILES string of the molecule is Cc1ccc(NS(=O)(=O)c2ccc(C)c(C(=O)N3CCN(C(=O)C4CC4)CC3)c2)cc1. The van der Waals surface area contributed by atoms with Crippen LogP contribution in [0.15, 0.2) is 47.4 Å². The zero-order valence-corrected chi connectivity index (χ0v) is 18.6. The summed E-state index contributed by atoms with van der Waals surface area (Å²) in [6.07, 6.45) is 1.93. The molecule has 1 saturated carbocycles. The van der Waals surface area contributed by atoms with Gasteiger partial charge in [0.2, 0.25) is 5.91 Å². The number of nitrogens with zero attached hydrogens (tertiary/aromatic N) is 2. The summed E-state index contributed by atoms with van der Waals surface area (Å²) in [5.74, 6) is 0.161. The Balaban J connectivity index is 1.48. The zero-order valence-electron chi connectivity index (χ0n) is 17.8. The monoisotopic (exact) mass is 441 g/mol. The lowest BCUT2D eigenvalue weighted by atomic mass is 10.1. The van der Waals surface area contributed by atoms with Crippen LogP contribution in [0.5, 0.6) is 0 Å². The van der Waals surface area contributed by atoms with Crippen molar-refractivity contribution in [3.63, 3.8) is 0 Å². The summed E-state index contributed by atoms with van der Waals surface area (Å²) in [6, 6.07) is 11.7. The summed E-state index contributed by atoms with van der Waals surface area (Å²) in [5, 5.41) is 0. The summed E-state index contributed by atoms with van der Waals surface area (Å²) in [6.45, 7) is 5.67. The van der Waals surface area contributed by atoms with E-state index in [1.807, 2.05) is 24.0 Å². The van der Waals surface area contributed by atoms with Gasteiger partial charge >= 0.3 is 0 Å². The van der Waals surface area contributed by atoms with Crippen molar-refractivity contribution in [1.82, 2.24) is 9.80 Å². The quantitative estimate of drug-likeness (QED) is 0.773. The largest absolute Gasteiger partial charge is 0.339 e. The number of nitrogens with one attached hydrogen (secondary N) is 1. The summed E-state index contributed by atoms with van der Waals surface area (Å²) in [5.41, 5.74) is 2.59. The van der Waals surface area contributed by atoms with Gasteiger partial charge in [-0.2, -0.15) is 0 Å². The third kappa shape index (κ3) is 4.74. The molecule has 1 N–H and O–H groups in total. The third-order valence-electron chi connectivity index (χ3n) is 5.86.